The van der Waals surface area contributed by atoms with E-state index in [9.17, 15) is 0 Å². The first-order valence-corrected chi connectivity index (χ1v) is 21.2. The van der Waals surface area contributed by atoms with Crippen molar-refractivity contribution in [2.45, 2.75) is 52.4 Å². The number of benzene rings is 5. The van der Waals surface area contributed by atoms with Gasteiger partial charge in [-0.25, -0.2) is 0 Å². The van der Waals surface area contributed by atoms with Gasteiger partial charge in [-0.05, 0) is 34.2 Å². The Kier molecular flexibility index (Phi) is 10.5. The predicted octanol–water partition coefficient (Wildman–Crippen LogP) is 11.0. The average Bonchev–Trinajstić information content (AvgIpc) is 3.60. The van der Waals surface area contributed by atoms with Crippen LogP contribution < -0.4 is 26.7 Å². The third-order valence-electron chi connectivity index (χ3n) is 10.1. The van der Waals surface area contributed by atoms with Crippen molar-refractivity contribution in [3.63, 3.8) is 0 Å². The molecule has 9 rings (SSSR count). The summed E-state index contributed by atoms with van der Waals surface area (Å²) in [5.74, 6) is 2.96. The molecule has 0 spiro atoms. The molecule has 0 saturated heterocycles. The van der Waals surface area contributed by atoms with Crippen LogP contribution in [-0.4, -0.2) is 30.9 Å². The summed E-state index contributed by atoms with van der Waals surface area (Å²) in [5.41, 5.74) is 9.91. The van der Waals surface area contributed by atoms with Gasteiger partial charge in [0.15, 0.2) is 0 Å². The average molecular weight is 1040 g/mol. The van der Waals surface area contributed by atoms with Crippen LogP contribution in [0.15, 0.2) is 140 Å². The van der Waals surface area contributed by atoms with Gasteiger partial charge in [-0.2, -0.15) is 0 Å². The topological polar surface area (TPSA) is 44.7 Å². The van der Waals surface area contributed by atoms with E-state index in [-0.39, 0.29) is 31.9 Å². The molecule has 5 aromatic carbocycles. The van der Waals surface area contributed by atoms with E-state index in [0.717, 1.165) is 40.1 Å². The van der Waals surface area contributed by atoms with Crippen LogP contribution in [0.1, 0.15) is 52.7 Å². The SMILES string of the molecule is CC(C)(C)c1cc(-c2ccccc2)cc(N2[CH-]N(c3[c-]c(Oc4[c-]c5c(cc4)[Te]c4cccnc4N5c4cc(C(C)(C)C)ccn4)ccc3)c3ccccc32)c1.[Pt]. The quantitative estimate of drug-likeness (QED) is 0.122. The predicted molar refractivity (Wildman–Crippen MR) is 230 cm³/mol. The minimum absolute atomic E-state index is 0. The van der Waals surface area contributed by atoms with Crippen molar-refractivity contribution < 1.29 is 25.8 Å². The number of aromatic nitrogens is 2. The summed E-state index contributed by atoms with van der Waals surface area (Å²) in [7, 11) is 0. The molecule has 2 aliphatic heterocycles. The fraction of sp³-hybridized carbons (Fsp3) is 0.163. The van der Waals surface area contributed by atoms with Crippen molar-refractivity contribution in [2.24, 2.45) is 0 Å². The van der Waals surface area contributed by atoms with E-state index in [4.69, 9.17) is 14.7 Å². The van der Waals surface area contributed by atoms with Crippen LogP contribution in [0.2, 0.25) is 0 Å². The first-order valence-electron chi connectivity index (χ1n) is 18.9. The van der Waals surface area contributed by atoms with Gasteiger partial charge in [0, 0.05) is 21.1 Å². The molecule has 0 amide bonds. The van der Waals surface area contributed by atoms with E-state index in [0.29, 0.717) is 11.5 Å². The third-order valence-corrected chi connectivity index (χ3v) is 13.2. The Bertz CT molecular complexity index is 2580. The van der Waals surface area contributed by atoms with E-state index >= 15 is 0 Å². The number of rotatable bonds is 6. The smallest absolute Gasteiger partial charge is 0 e. The summed E-state index contributed by atoms with van der Waals surface area (Å²) >= 11 is -0.699. The fourth-order valence-corrected chi connectivity index (χ4v) is 9.92. The number of nitrogens with zero attached hydrogens (tertiary/aromatic N) is 5. The molecule has 288 valence electrons. The maximum Gasteiger partial charge on any atom is 0 e. The van der Waals surface area contributed by atoms with Crippen molar-refractivity contribution in [3.05, 3.63) is 170 Å². The van der Waals surface area contributed by atoms with Crippen LogP contribution in [0.5, 0.6) is 11.5 Å². The molecule has 0 bridgehead atoms. The first-order chi connectivity index (χ1) is 27.0. The maximum atomic E-state index is 6.59. The van der Waals surface area contributed by atoms with Gasteiger partial charge in [0.2, 0.25) is 0 Å². The van der Waals surface area contributed by atoms with Crippen molar-refractivity contribution in [3.8, 4) is 22.6 Å². The second-order valence-corrected chi connectivity index (χ2v) is 19.3. The molecule has 2 aliphatic rings. The van der Waals surface area contributed by atoms with Crippen LogP contribution in [0.3, 0.4) is 0 Å². The van der Waals surface area contributed by atoms with Gasteiger partial charge in [-0.15, -0.1) is 0 Å². The third kappa shape index (κ3) is 7.74. The summed E-state index contributed by atoms with van der Waals surface area (Å²) in [6.45, 7) is 15.6. The number of hydrogen-bond donors (Lipinski definition) is 0. The Hall–Kier alpha value is -4.92. The van der Waals surface area contributed by atoms with Crippen molar-refractivity contribution in [1.82, 2.24) is 9.97 Å². The second kappa shape index (κ2) is 15.4. The summed E-state index contributed by atoms with van der Waals surface area (Å²) in [6, 6.07) is 52.0. The number of hydrogen-bond acceptors (Lipinski definition) is 6. The standard InChI is InChI=1S/C49H42N5OTe.Pt/c1-48(2,3)35-23-25-50-46(29-35)54-43-31-40(21-22-44(43)56-45-20-13-24-51-47(45)54)55-39-17-12-16-37(30-39)52-32-53(42-19-11-10-18-41(42)52)38-27-34(33-14-8-7-9-15-33)26-36(28-38)49(4,5)6;/h7-29,32H,1-6H3;/q-3;. The van der Waals surface area contributed by atoms with Gasteiger partial charge in [0.1, 0.15) is 0 Å². The minimum Gasteiger partial charge on any atom is -0.0371 e. The van der Waals surface area contributed by atoms with Gasteiger partial charge in [0.25, 0.3) is 0 Å². The molecule has 2 aromatic heterocycles. The zero-order chi connectivity index (χ0) is 38.6. The van der Waals surface area contributed by atoms with Crippen LogP contribution >= 0.6 is 0 Å². The van der Waals surface area contributed by atoms with E-state index in [1.807, 2.05) is 36.7 Å². The molecule has 8 heteroatoms. The van der Waals surface area contributed by atoms with Crippen molar-refractivity contribution in [1.29, 1.82) is 0 Å². The monoisotopic (exact) mass is 1040 g/mol. The van der Waals surface area contributed by atoms with Gasteiger partial charge in [-0.1, -0.05) is 63.2 Å². The molecule has 0 radical (unpaired) electrons. The van der Waals surface area contributed by atoms with Gasteiger partial charge < -0.3 is 0 Å². The van der Waals surface area contributed by atoms with Crippen molar-refractivity contribution in [2.75, 3.05) is 14.7 Å². The summed E-state index contributed by atoms with van der Waals surface area (Å²) < 4.78 is 9.13. The van der Waals surface area contributed by atoms with Gasteiger partial charge >= 0.3 is 245 Å². The first kappa shape index (κ1) is 38.9. The van der Waals surface area contributed by atoms with Crippen LogP contribution in [0, 0.1) is 18.8 Å². The molecule has 0 atom stereocenters. The van der Waals surface area contributed by atoms with Gasteiger partial charge in [-0.3, -0.25) is 0 Å². The Morgan fingerprint density at radius 1 is 0.596 bits per heavy atom. The van der Waals surface area contributed by atoms with E-state index in [1.165, 1.54) is 29.5 Å². The van der Waals surface area contributed by atoms with Crippen molar-refractivity contribution >= 4 is 68.2 Å². The van der Waals surface area contributed by atoms with Crippen LogP contribution in [0.25, 0.3) is 11.1 Å². The van der Waals surface area contributed by atoms with Gasteiger partial charge in [0.05, 0.1) is 0 Å². The minimum atomic E-state index is -0.699. The zero-order valence-electron chi connectivity index (χ0n) is 32.7. The zero-order valence-corrected chi connectivity index (χ0v) is 37.3. The fourth-order valence-electron chi connectivity index (χ4n) is 7.09. The molecule has 4 heterocycles. The molecule has 57 heavy (non-hydrogen) atoms. The number of anilines is 7. The molecule has 0 saturated carbocycles. The summed E-state index contributed by atoms with van der Waals surface area (Å²) in [5, 5.41) is 0. The number of pyridine rings is 2. The number of fused-ring (bicyclic) bond motifs is 3. The molecule has 0 N–H and O–H groups in total. The number of para-hydroxylation sites is 2. The normalized spacial score (nSPS) is 13.4. The Labute approximate surface area is 360 Å². The van der Waals surface area contributed by atoms with Crippen LogP contribution in [-0.2, 0) is 31.9 Å². The Morgan fingerprint density at radius 2 is 1.33 bits per heavy atom. The summed E-state index contributed by atoms with van der Waals surface area (Å²) in [6.07, 6.45) is 3.75. The van der Waals surface area contributed by atoms with E-state index < -0.39 is 20.9 Å². The second-order valence-electron chi connectivity index (χ2n) is 16.2. The molecule has 0 unspecified atom stereocenters. The summed E-state index contributed by atoms with van der Waals surface area (Å²) in [4.78, 5) is 16.3. The van der Waals surface area contributed by atoms with E-state index in [2.05, 4.69) is 178 Å². The molecular formula is C49H42N5OPtTe-3. The number of ether oxygens (including phenoxy) is 1. The Morgan fingerprint density at radius 3 is 2.11 bits per heavy atom. The largest absolute Gasteiger partial charge is 0.0371 e. The molecule has 0 fully saturated rings. The molecule has 7 aromatic rings. The van der Waals surface area contributed by atoms with E-state index in [1.54, 1.807) is 0 Å². The molecule has 6 nitrogen and oxygen atoms in total. The molecule has 0 aliphatic carbocycles. The van der Waals surface area contributed by atoms with Crippen LogP contribution in [0.4, 0.5) is 40.1 Å². The molecular weight excluding hydrogens is 997 g/mol. The maximum absolute atomic E-state index is 6.59. The Balaban J connectivity index is 0.00000455.